The molecule has 2 unspecified atom stereocenters. The zero-order valence-corrected chi connectivity index (χ0v) is 12.8. The molecule has 2 heterocycles. The van der Waals surface area contributed by atoms with Crippen molar-refractivity contribution in [1.29, 1.82) is 0 Å². The molecule has 2 atom stereocenters. The molecular formula is C12H17N5S2. The highest BCUT2D eigenvalue weighted by Gasteiger charge is 2.20. The predicted molar refractivity (Wildman–Crippen MR) is 80.7 cm³/mol. The highest BCUT2D eigenvalue weighted by Crippen LogP contribution is 2.39. The van der Waals surface area contributed by atoms with Crippen molar-refractivity contribution >= 4 is 28.2 Å². The fraction of sp³-hybridized carbons (Fsp3) is 0.417. The summed E-state index contributed by atoms with van der Waals surface area (Å²) in [5.74, 6) is 0. The number of aromatic nitrogens is 3. The Kier molecular flexibility index (Phi) is 4.73. The van der Waals surface area contributed by atoms with Crippen LogP contribution in [0.25, 0.3) is 0 Å². The minimum atomic E-state index is 0.0270. The summed E-state index contributed by atoms with van der Waals surface area (Å²) in [6.45, 7) is 2.01. The molecule has 19 heavy (non-hydrogen) atoms. The zero-order valence-electron chi connectivity index (χ0n) is 11.1. The SMILES string of the molecule is CC(N)C(Sc1nnc(N(C)C)s1)c1ccncc1. The molecule has 0 aliphatic rings. The number of pyridine rings is 1. The zero-order chi connectivity index (χ0) is 13.8. The van der Waals surface area contributed by atoms with Crippen molar-refractivity contribution in [3.05, 3.63) is 30.1 Å². The van der Waals surface area contributed by atoms with E-state index in [1.54, 1.807) is 35.5 Å². The van der Waals surface area contributed by atoms with E-state index >= 15 is 0 Å². The van der Waals surface area contributed by atoms with Crippen molar-refractivity contribution < 1.29 is 0 Å². The van der Waals surface area contributed by atoms with Gasteiger partial charge in [0.15, 0.2) is 4.34 Å². The highest BCUT2D eigenvalue weighted by atomic mass is 32.2. The second kappa shape index (κ2) is 6.31. The molecule has 0 aliphatic carbocycles. The van der Waals surface area contributed by atoms with Crippen molar-refractivity contribution in [1.82, 2.24) is 15.2 Å². The normalized spacial score (nSPS) is 14.1. The van der Waals surface area contributed by atoms with Crippen molar-refractivity contribution in [2.24, 2.45) is 5.73 Å². The Hall–Kier alpha value is -1.18. The molecule has 0 fully saturated rings. The van der Waals surface area contributed by atoms with Gasteiger partial charge in [-0.05, 0) is 24.6 Å². The molecule has 0 amide bonds. The molecule has 0 spiro atoms. The molecule has 0 bridgehead atoms. The Balaban J connectivity index is 2.17. The van der Waals surface area contributed by atoms with Crippen molar-refractivity contribution in [2.75, 3.05) is 19.0 Å². The monoisotopic (exact) mass is 295 g/mol. The van der Waals surface area contributed by atoms with Crippen LogP contribution in [0.15, 0.2) is 28.9 Å². The van der Waals surface area contributed by atoms with E-state index in [2.05, 4.69) is 15.2 Å². The van der Waals surface area contributed by atoms with E-state index in [-0.39, 0.29) is 11.3 Å². The van der Waals surface area contributed by atoms with Crippen LogP contribution in [0.1, 0.15) is 17.7 Å². The average molecular weight is 295 g/mol. The summed E-state index contributed by atoms with van der Waals surface area (Å²) in [6, 6.07) is 4.02. The lowest BCUT2D eigenvalue weighted by Crippen LogP contribution is -2.22. The van der Waals surface area contributed by atoms with Gasteiger partial charge in [0, 0.05) is 32.5 Å². The maximum Gasteiger partial charge on any atom is 0.208 e. The summed E-state index contributed by atoms with van der Waals surface area (Å²) >= 11 is 3.23. The van der Waals surface area contributed by atoms with Crippen LogP contribution in [0, 0.1) is 0 Å². The minimum Gasteiger partial charge on any atom is -0.353 e. The van der Waals surface area contributed by atoms with Crippen molar-refractivity contribution in [3.63, 3.8) is 0 Å². The van der Waals surface area contributed by atoms with Crippen molar-refractivity contribution in [2.45, 2.75) is 22.6 Å². The molecule has 2 rings (SSSR count). The quantitative estimate of drug-likeness (QED) is 0.853. The summed E-state index contributed by atoms with van der Waals surface area (Å²) in [6.07, 6.45) is 3.58. The molecule has 2 aromatic rings. The number of nitrogens with two attached hydrogens (primary N) is 1. The van der Waals surface area contributed by atoms with Gasteiger partial charge in [-0.3, -0.25) is 4.98 Å². The topological polar surface area (TPSA) is 67.9 Å². The van der Waals surface area contributed by atoms with Crippen LogP contribution in [-0.2, 0) is 0 Å². The summed E-state index contributed by atoms with van der Waals surface area (Å²) < 4.78 is 0.933. The Morgan fingerprint density at radius 3 is 2.47 bits per heavy atom. The van der Waals surface area contributed by atoms with Gasteiger partial charge >= 0.3 is 0 Å². The van der Waals surface area contributed by atoms with Gasteiger partial charge in [-0.15, -0.1) is 10.2 Å². The van der Waals surface area contributed by atoms with E-state index in [1.807, 2.05) is 38.1 Å². The Bertz CT molecular complexity index is 512. The van der Waals surface area contributed by atoms with E-state index in [9.17, 15) is 0 Å². The molecule has 0 aliphatic heterocycles. The first kappa shape index (κ1) is 14.2. The summed E-state index contributed by atoms with van der Waals surface area (Å²) in [5.41, 5.74) is 7.25. The van der Waals surface area contributed by atoms with Gasteiger partial charge < -0.3 is 10.6 Å². The summed E-state index contributed by atoms with van der Waals surface area (Å²) in [5, 5.41) is 9.41. The molecule has 0 aromatic carbocycles. The molecule has 2 aromatic heterocycles. The second-order valence-electron chi connectivity index (χ2n) is 4.42. The molecule has 102 valence electrons. The fourth-order valence-electron chi connectivity index (χ4n) is 1.57. The lowest BCUT2D eigenvalue weighted by Gasteiger charge is -2.18. The number of nitrogens with zero attached hydrogens (tertiary/aromatic N) is 4. The first-order chi connectivity index (χ1) is 9.08. The third-order valence-electron chi connectivity index (χ3n) is 2.52. The van der Waals surface area contributed by atoms with E-state index in [0.717, 1.165) is 15.0 Å². The second-order valence-corrected chi connectivity index (χ2v) is 6.77. The maximum atomic E-state index is 6.09. The van der Waals surface area contributed by atoms with E-state index < -0.39 is 0 Å². The number of hydrogen-bond donors (Lipinski definition) is 1. The molecule has 0 saturated carbocycles. The van der Waals surface area contributed by atoms with E-state index in [0.29, 0.717) is 0 Å². The van der Waals surface area contributed by atoms with Crippen LogP contribution in [0.5, 0.6) is 0 Å². The van der Waals surface area contributed by atoms with Gasteiger partial charge in [0.1, 0.15) is 0 Å². The van der Waals surface area contributed by atoms with Crippen LogP contribution >= 0.6 is 23.1 Å². The smallest absolute Gasteiger partial charge is 0.208 e. The highest BCUT2D eigenvalue weighted by molar-refractivity contribution is 8.01. The lowest BCUT2D eigenvalue weighted by atomic mass is 10.1. The number of hydrogen-bond acceptors (Lipinski definition) is 7. The van der Waals surface area contributed by atoms with Gasteiger partial charge in [0.05, 0.1) is 5.25 Å². The van der Waals surface area contributed by atoms with Crippen LogP contribution in [0.4, 0.5) is 5.13 Å². The average Bonchev–Trinajstić information content (AvgIpc) is 2.85. The third kappa shape index (κ3) is 3.65. The van der Waals surface area contributed by atoms with Gasteiger partial charge in [0.25, 0.3) is 0 Å². The molecule has 0 saturated heterocycles. The molecular weight excluding hydrogens is 278 g/mol. The van der Waals surface area contributed by atoms with E-state index in [1.165, 1.54) is 0 Å². The summed E-state index contributed by atoms with van der Waals surface area (Å²) in [4.78, 5) is 5.99. The minimum absolute atomic E-state index is 0.0270. The van der Waals surface area contributed by atoms with Crippen LogP contribution in [0.3, 0.4) is 0 Å². The fourth-order valence-corrected chi connectivity index (χ4v) is 3.61. The number of rotatable bonds is 5. The van der Waals surface area contributed by atoms with Crippen LogP contribution < -0.4 is 10.6 Å². The van der Waals surface area contributed by atoms with Crippen LogP contribution in [-0.4, -0.2) is 35.3 Å². The number of anilines is 1. The Labute approximate surface area is 121 Å². The predicted octanol–water partition coefficient (Wildman–Crippen LogP) is 2.18. The van der Waals surface area contributed by atoms with Gasteiger partial charge in [-0.2, -0.15) is 0 Å². The van der Waals surface area contributed by atoms with Gasteiger partial charge in [-0.25, -0.2) is 0 Å². The molecule has 2 N–H and O–H groups in total. The largest absolute Gasteiger partial charge is 0.353 e. The maximum absolute atomic E-state index is 6.09. The molecule has 7 heteroatoms. The van der Waals surface area contributed by atoms with Gasteiger partial charge in [-0.1, -0.05) is 23.1 Å². The summed E-state index contributed by atoms with van der Waals surface area (Å²) in [7, 11) is 3.92. The van der Waals surface area contributed by atoms with E-state index in [4.69, 9.17) is 5.73 Å². The lowest BCUT2D eigenvalue weighted by molar-refractivity contribution is 0.719. The van der Waals surface area contributed by atoms with Gasteiger partial charge in [0.2, 0.25) is 5.13 Å². The Morgan fingerprint density at radius 2 is 1.95 bits per heavy atom. The van der Waals surface area contributed by atoms with Crippen LogP contribution in [0.2, 0.25) is 0 Å². The third-order valence-corrected chi connectivity index (χ3v) is 5.18. The number of thioether (sulfide) groups is 1. The first-order valence-electron chi connectivity index (χ1n) is 5.91. The van der Waals surface area contributed by atoms with Crippen molar-refractivity contribution in [3.8, 4) is 0 Å². The molecule has 0 radical (unpaired) electrons. The molecule has 5 nitrogen and oxygen atoms in total. The Morgan fingerprint density at radius 1 is 1.26 bits per heavy atom. The standard InChI is InChI=1S/C12H17N5S2/c1-8(13)10(9-4-6-14-7-5-9)18-12-16-15-11(19-12)17(2)3/h4-8,10H,13H2,1-3H3. The first-order valence-corrected chi connectivity index (χ1v) is 7.60.